The third-order valence-corrected chi connectivity index (χ3v) is 1.99. The van der Waals surface area contributed by atoms with Gasteiger partial charge in [-0.1, -0.05) is 26.7 Å². The van der Waals surface area contributed by atoms with Crippen molar-refractivity contribution in [1.29, 1.82) is 0 Å². The Labute approximate surface area is 155 Å². The Kier molecular flexibility index (Phi) is 17.5. The van der Waals surface area contributed by atoms with Crippen LogP contribution in [0.3, 0.4) is 0 Å². The molecule has 1 atom stereocenters. The van der Waals surface area contributed by atoms with Crippen LogP contribution in [0.25, 0.3) is 0 Å². The van der Waals surface area contributed by atoms with Gasteiger partial charge in [-0.15, -0.1) is 0 Å². The Morgan fingerprint density at radius 2 is 1.60 bits per heavy atom. The van der Waals surface area contributed by atoms with E-state index in [1.54, 1.807) is 0 Å². The second kappa shape index (κ2) is 12.0. The molecule has 0 spiro atoms. The van der Waals surface area contributed by atoms with Gasteiger partial charge in [0.05, 0.1) is 11.9 Å². The van der Waals surface area contributed by atoms with E-state index in [2.05, 4.69) is 0 Å². The van der Waals surface area contributed by atoms with Gasteiger partial charge < -0.3 is 19.8 Å². The summed E-state index contributed by atoms with van der Waals surface area (Å²) in [5.41, 5.74) is 0. The normalized spacial score (nSPS) is 11.1. The smallest absolute Gasteiger partial charge is 0.549 e. The second-order valence-electron chi connectivity index (χ2n) is 3.32. The summed E-state index contributed by atoms with van der Waals surface area (Å²) in [6.07, 6.45) is 1.82. The molecule has 0 aliphatic heterocycles. The quantitative estimate of drug-likeness (QED) is 0.345. The van der Waals surface area contributed by atoms with Crippen molar-refractivity contribution in [2.24, 2.45) is 11.8 Å². The average molecular weight is 248 g/mol. The SMILES string of the molecule is CCCC(C)CC(C(=O)[O-])C(=O)[O-].[K+].[Na+]. The molecule has 0 bridgehead atoms. The van der Waals surface area contributed by atoms with Gasteiger partial charge in [-0.2, -0.15) is 0 Å². The van der Waals surface area contributed by atoms with Gasteiger partial charge in [-0.05, 0) is 12.3 Å². The molecule has 0 aliphatic rings. The monoisotopic (exact) mass is 248 g/mol. The summed E-state index contributed by atoms with van der Waals surface area (Å²) in [5.74, 6) is -4.50. The molecule has 76 valence electrons. The molecule has 0 aromatic carbocycles. The minimum absolute atomic E-state index is 0. The number of hydrogen-bond acceptors (Lipinski definition) is 4. The number of rotatable bonds is 6. The van der Waals surface area contributed by atoms with Crippen molar-refractivity contribution >= 4 is 11.9 Å². The molecule has 15 heavy (non-hydrogen) atoms. The Hall–Kier alpha value is 1.58. The third kappa shape index (κ3) is 10.4. The van der Waals surface area contributed by atoms with Gasteiger partial charge in [0.2, 0.25) is 0 Å². The molecule has 4 nitrogen and oxygen atoms in total. The van der Waals surface area contributed by atoms with Crippen molar-refractivity contribution in [2.45, 2.75) is 33.1 Å². The van der Waals surface area contributed by atoms with Crippen LogP contribution in [0.15, 0.2) is 0 Å². The minimum Gasteiger partial charge on any atom is -0.549 e. The van der Waals surface area contributed by atoms with Crippen LogP contribution < -0.4 is 91.2 Å². The van der Waals surface area contributed by atoms with Gasteiger partial charge in [-0.25, -0.2) is 0 Å². The molecule has 0 aliphatic carbocycles. The van der Waals surface area contributed by atoms with Gasteiger partial charge in [-0.3, -0.25) is 0 Å². The number of carboxylic acid groups (broad SMARTS) is 2. The molecule has 0 saturated carbocycles. The van der Waals surface area contributed by atoms with Crippen LogP contribution in [0.2, 0.25) is 0 Å². The topological polar surface area (TPSA) is 80.3 Å². The van der Waals surface area contributed by atoms with Gasteiger partial charge >= 0.3 is 80.9 Å². The van der Waals surface area contributed by atoms with Crippen LogP contribution in [0.4, 0.5) is 0 Å². The molecule has 0 rings (SSSR count). The van der Waals surface area contributed by atoms with E-state index in [1.807, 2.05) is 13.8 Å². The summed E-state index contributed by atoms with van der Waals surface area (Å²) in [6.45, 7) is 3.78. The Morgan fingerprint density at radius 3 is 1.87 bits per heavy atom. The van der Waals surface area contributed by atoms with Gasteiger partial charge in [0.1, 0.15) is 0 Å². The summed E-state index contributed by atoms with van der Waals surface area (Å²) in [6, 6.07) is 0. The average Bonchev–Trinajstić information content (AvgIpc) is 1.99. The van der Waals surface area contributed by atoms with Crippen LogP contribution in [0.5, 0.6) is 0 Å². The fourth-order valence-corrected chi connectivity index (χ4v) is 1.30. The van der Waals surface area contributed by atoms with E-state index >= 15 is 0 Å². The Bertz CT molecular complexity index is 185. The van der Waals surface area contributed by atoms with Gasteiger partial charge in [0, 0.05) is 5.92 Å². The zero-order valence-electron chi connectivity index (χ0n) is 9.91. The summed E-state index contributed by atoms with van der Waals surface area (Å²) < 4.78 is 0. The van der Waals surface area contributed by atoms with Crippen LogP contribution in [-0.4, -0.2) is 11.9 Å². The number of carboxylic acids is 2. The summed E-state index contributed by atoms with van der Waals surface area (Å²) in [5, 5.41) is 20.7. The van der Waals surface area contributed by atoms with Crippen molar-refractivity contribution in [3.05, 3.63) is 0 Å². The predicted octanol–water partition coefficient (Wildman–Crippen LogP) is -7.06. The predicted molar refractivity (Wildman–Crippen MR) is 42.2 cm³/mol. The van der Waals surface area contributed by atoms with E-state index in [4.69, 9.17) is 0 Å². The number of hydrogen-bond donors (Lipinski definition) is 0. The van der Waals surface area contributed by atoms with E-state index in [9.17, 15) is 19.8 Å². The van der Waals surface area contributed by atoms with Crippen molar-refractivity contribution < 1.29 is 101 Å². The zero-order valence-corrected chi connectivity index (χ0v) is 15.0. The molecular weight excluding hydrogens is 234 g/mol. The standard InChI is InChI=1S/C9H16O4.K.Na/c1-3-4-6(2)5-7(8(10)11)9(12)13;;/h6-7H,3-5H2,1-2H3,(H,10,11)(H,12,13);;/q;2*+1/p-2. The molecular formula is C9H14KNaO4. The summed E-state index contributed by atoms with van der Waals surface area (Å²) in [4.78, 5) is 20.7. The summed E-state index contributed by atoms with van der Waals surface area (Å²) in [7, 11) is 0. The molecule has 0 aromatic heterocycles. The van der Waals surface area contributed by atoms with Crippen molar-refractivity contribution in [1.82, 2.24) is 0 Å². The molecule has 0 aromatic rings. The maximum absolute atomic E-state index is 10.3. The van der Waals surface area contributed by atoms with Crippen molar-refractivity contribution in [3.63, 3.8) is 0 Å². The maximum atomic E-state index is 10.3. The van der Waals surface area contributed by atoms with E-state index < -0.39 is 17.9 Å². The van der Waals surface area contributed by atoms with E-state index in [1.165, 1.54) is 0 Å². The Balaban J connectivity index is -0.000000720. The first-order valence-electron chi connectivity index (χ1n) is 4.40. The second-order valence-corrected chi connectivity index (χ2v) is 3.32. The van der Waals surface area contributed by atoms with Crippen molar-refractivity contribution in [2.75, 3.05) is 0 Å². The van der Waals surface area contributed by atoms with Crippen LogP contribution in [0.1, 0.15) is 33.1 Å². The summed E-state index contributed by atoms with van der Waals surface area (Å²) >= 11 is 0. The number of carbonyl (C=O) groups is 2. The number of aliphatic carboxylic acids is 2. The van der Waals surface area contributed by atoms with Crippen LogP contribution >= 0.6 is 0 Å². The Morgan fingerprint density at radius 1 is 1.20 bits per heavy atom. The zero-order chi connectivity index (χ0) is 10.4. The van der Waals surface area contributed by atoms with Gasteiger partial charge in [0.15, 0.2) is 0 Å². The first-order valence-corrected chi connectivity index (χ1v) is 4.40. The van der Waals surface area contributed by atoms with E-state index in [0.717, 1.165) is 12.8 Å². The molecule has 6 heteroatoms. The van der Waals surface area contributed by atoms with Crippen molar-refractivity contribution in [3.8, 4) is 0 Å². The number of carbonyl (C=O) groups excluding carboxylic acids is 2. The fourth-order valence-electron chi connectivity index (χ4n) is 1.30. The molecule has 0 N–H and O–H groups in total. The molecule has 0 heterocycles. The molecule has 0 amide bonds. The maximum Gasteiger partial charge on any atom is 1.00 e. The molecule has 0 saturated heterocycles. The minimum atomic E-state index is -1.55. The molecule has 0 radical (unpaired) electrons. The first kappa shape index (κ1) is 21.8. The van der Waals surface area contributed by atoms with Gasteiger partial charge in [0.25, 0.3) is 0 Å². The van der Waals surface area contributed by atoms with Crippen LogP contribution in [-0.2, 0) is 9.59 Å². The first-order chi connectivity index (χ1) is 5.99. The van der Waals surface area contributed by atoms with Crippen LogP contribution in [0, 0.1) is 11.8 Å². The van der Waals surface area contributed by atoms with E-state index in [0.29, 0.717) is 0 Å². The van der Waals surface area contributed by atoms with E-state index in [-0.39, 0.29) is 93.3 Å². The largest absolute Gasteiger partial charge is 1.00 e. The molecule has 0 fully saturated rings. The third-order valence-electron chi connectivity index (χ3n) is 1.99. The fraction of sp³-hybridized carbons (Fsp3) is 0.778. The molecule has 1 unspecified atom stereocenters.